The van der Waals surface area contributed by atoms with Gasteiger partial charge >= 0.3 is 0 Å². The zero-order chi connectivity index (χ0) is 21.1. The van der Waals surface area contributed by atoms with E-state index in [-0.39, 0.29) is 18.0 Å². The van der Waals surface area contributed by atoms with Gasteiger partial charge in [-0.25, -0.2) is 10.1 Å². The van der Waals surface area contributed by atoms with Crippen molar-refractivity contribution in [1.29, 1.82) is 0 Å². The largest absolute Gasteiger partial charge is 0.454 e. The molecule has 0 fully saturated rings. The highest BCUT2D eigenvalue weighted by atomic mass is 16.7. The van der Waals surface area contributed by atoms with Crippen molar-refractivity contribution in [2.24, 2.45) is 5.10 Å². The molecule has 1 N–H and O–H groups in total. The van der Waals surface area contributed by atoms with E-state index in [2.05, 4.69) is 15.6 Å². The molecule has 30 heavy (non-hydrogen) atoms. The van der Waals surface area contributed by atoms with Crippen molar-refractivity contribution in [2.75, 3.05) is 6.79 Å². The summed E-state index contributed by atoms with van der Waals surface area (Å²) < 4.78 is 12.0. The summed E-state index contributed by atoms with van der Waals surface area (Å²) in [4.78, 5) is 25.6. The molecule has 8 nitrogen and oxygen atoms in total. The molecule has 1 aromatic heterocycles. The number of fused-ring (bicyclic) bond motifs is 2. The highest BCUT2D eigenvalue weighted by Gasteiger charge is 2.17. The molecule has 0 aliphatic carbocycles. The van der Waals surface area contributed by atoms with Crippen LogP contribution < -0.4 is 20.5 Å². The second-order valence-corrected chi connectivity index (χ2v) is 6.98. The third-order valence-corrected chi connectivity index (χ3v) is 4.92. The maximum atomic E-state index is 12.9. The van der Waals surface area contributed by atoms with Crippen molar-refractivity contribution in [3.8, 4) is 11.5 Å². The molecule has 2 heterocycles. The minimum Gasteiger partial charge on any atom is -0.454 e. The maximum Gasteiger partial charge on any atom is 0.292 e. The van der Waals surface area contributed by atoms with Gasteiger partial charge in [-0.1, -0.05) is 31.5 Å². The van der Waals surface area contributed by atoms with Crippen LogP contribution in [0.2, 0.25) is 0 Å². The predicted molar refractivity (Wildman–Crippen MR) is 113 cm³/mol. The lowest BCUT2D eigenvalue weighted by Crippen LogP contribution is -2.29. The minimum atomic E-state index is -0.475. The fourth-order valence-corrected chi connectivity index (χ4v) is 3.24. The summed E-state index contributed by atoms with van der Waals surface area (Å²) in [5.41, 5.74) is 3.93. The summed E-state index contributed by atoms with van der Waals surface area (Å²) in [6.45, 7) is 4.47. The van der Waals surface area contributed by atoms with Gasteiger partial charge in [-0.3, -0.25) is 9.59 Å². The number of nitrogens with one attached hydrogen (secondary N) is 1. The summed E-state index contributed by atoms with van der Waals surface area (Å²) in [5, 5.41) is 9.50. The Bertz CT molecular complexity index is 1200. The third-order valence-electron chi connectivity index (χ3n) is 4.92. The normalized spacial score (nSPS) is 12.9. The van der Waals surface area contributed by atoms with Gasteiger partial charge in [-0.15, -0.1) is 0 Å². The number of amides is 1. The van der Waals surface area contributed by atoms with E-state index in [1.54, 1.807) is 37.3 Å². The molecule has 0 atom stereocenters. The van der Waals surface area contributed by atoms with Gasteiger partial charge in [0.15, 0.2) is 17.2 Å². The number of hydrazone groups is 1. The lowest BCUT2D eigenvalue weighted by atomic mass is 10.1. The number of unbranched alkanes of at least 4 members (excludes halogenated alkanes) is 1. The van der Waals surface area contributed by atoms with Crippen LogP contribution in [0.25, 0.3) is 10.8 Å². The van der Waals surface area contributed by atoms with E-state index in [0.717, 1.165) is 18.4 Å². The standard InChI is InChI=1S/C22H22N4O4/c1-3-4-11-26-22(28)17-8-6-5-7-16(17)20(25-26)21(27)24-23-14(2)15-9-10-18-19(12-15)30-13-29-18/h5-10,12H,3-4,11,13H2,1-2H3,(H,24,27)/b23-14+. The molecule has 1 amide bonds. The number of carbonyl (C=O) groups excluding carboxylic acids is 1. The van der Waals surface area contributed by atoms with Gasteiger partial charge in [0.05, 0.1) is 11.1 Å². The Balaban J connectivity index is 1.63. The highest BCUT2D eigenvalue weighted by Crippen LogP contribution is 2.32. The summed E-state index contributed by atoms with van der Waals surface area (Å²) in [5.74, 6) is 0.848. The predicted octanol–water partition coefficient (Wildman–Crippen LogP) is 3.08. The molecule has 0 spiro atoms. The summed E-state index contributed by atoms with van der Waals surface area (Å²) in [6, 6.07) is 12.4. The Morgan fingerprint density at radius 2 is 1.93 bits per heavy atom. The molecule has 0 bridgehead atoms. The number of ether oxygens (including phenoxy) is 2. The van der Waals surface area contributed by atoms with Gasteiger partial charge in [0.2, 0.25) is 6.79 Å². The SMILES string of the molecule is CCCCn1nc(C(=O)N/N=C(\C)c2ccc3c(c2)OCO3)c2ccccc2c1=O. The molecule has 0 unspecified atom stereocenters. The first-order valence-corrected chi connectivity index (χ1v) is 9.83. The summed E-state index contributed by atoms with van der Waals surface area (Å²) >= 11 is 0. The van der Waals surface area contributed by atoms with Crippen molar-refractivity contribution in [3.63, 3.8) is 0 Å². The Hall–Kier alpha value is -3.68. The Labute approximate surface area is 173 Å². The Morgan fingerprint density at radius 1 is 1.17 bits per heavy atom. The second-order valence-electron chi connectivity index (χ2n) is 6.98. The zero-order valence-electron chi connectivity index (χ0n) is 16.8. The molecule has 0 radical (unpaired) electrons. The van der Waals surface area contributed by atoms with E-state index >= 15 is 0 Å². The number of carbonyl (C=O) groups is 1. The third kappa shape index (κ3) is 3.76. The van der Waals surface area contributed by atoms with E-state index in [1.165, 1.54) is 4.68 Å². The molecule has 154 valence electrons. The van der Waals surface area contributed by atoms with Gasteiger partial charge in [0.25, 0.3) is 11.5 Å². The zero-order valence-corrected chi connectivity index (χ0v) is 16.8. The van der Waals surface area contributed by atoms with Gasteiger partial charge in [-0.05, 0) is 37.6 Å². The first-order chi connectivity index (χ1) is 14.6. The molecule has 0 saturated carbocycles. The summed E-state index contributed by atoms with van der Waals surface area (Å²) in [6.07, 6.45) is 1.72. The first-order valence-electron chi connectivity index (χ1n) is 9.83. The summed E-state index contributed by atoms with van der Waals surface area (Å²) in [7, 11) is 0. The second kappa shape index (κ2) is 8.36. The first kappa shape index (κ1) is 19.6. The van der Waals surface area contributed by atoms with Crippen LogP contribution in [0.4, 0.5) is 0 Å². The van der Waals surface area contributed by atoms with E-state index in [9.17, 15) is 9.59 Å². The van der Waals surface area contributed by atoms with Gasteiger partial charge in [0, 0.05) is 17.5 Å². The monoisotopic (exact) mass is 406 g/mol. The van der Waals surface area contributed by atoms with E-state index in [0.29, 0.717) is 34.5 Å². The Kier molecular flexibility index (Phi) is 5.47. The van der Waals surface area contributed by atoms with Crippen molar-refractivity contribution >= 4 is 22.4 Å². The van der Waals surface area contributed by atoms with Crippen molar-refractivity contribution in [2.45, 2.75) is 33.2 Å². The number of rotatable bonds is 6. The number of hydrogen-bond acceptors (Lipinski definition) is 6. The van der Waals surface area contributed by atoms with Crippen LogP contribution in [0.15, 0.2) is 52.4 Å². The van der Waals surface area contributed by atoms with Crippen LogP contribution in [0.3, 0.4) is 0 Å². The van der Waals surface area contributed by atoms with Crippen molar-refractivity contribution in [1.82, 2.24) is 15.2 Å². The van der Waals surface area contributed by atoms with E-state index in [4.69, 9.17) is 9.47 Å². The van der Waals surface area contributed by atoms with E-state index in [1.807, 2.05) is 19.1 Å². The van der Waals surface area contributed by atoms with Crippen LogP contribution in [0.5, 0.6) is 11.5 Å². The number of aromatic nitrogens is 2. The van der Waals surface area contributed by atoms with Crippen LogP contribution >= 0.6 is 0 Å². The number of benzene rings is 2. The lowest BCUT2D eigenvalue weighted by molar-refractivity contribution is 0.0949. The minimum absolute atomic E-state index is 0.170. The molecular formula is C22H22N4O4. The van der Waals surface area contributed by atoms with Crippen molar-refractivity contribution < 1.29 is 14.3 Å². The van der Waals surface area contributed by atoms with Gasteiger partial charge in [-0.2, -0.15) is 10.2 Å². The Morgan fingerprint density at radius 3 is 2.73 bits per heavy atom. The molecule has 4 rings (SSSR count). The average Bonchev–Trinajstić information content (AvgIpc) is 3.25. The average molecular weight is 406 g/mol. The van der Waals surface area contributed by atoms with E-state index < -0.39 is 5.91 Å². The topological polar surface area (TPSA) is 94.8 Å². The fourth-order valence-electron chi connectivity index (χ4n) is 3.24. The number of hydrogen-bond donors (Lipinski definition) is 1. The number of nitrogens with zero attached hydrogens (tertiary/aromatic N) is 3. The molecular weight excluding hydrogens is 384 g/mol. The van der Waals surface area contributed by atoms with Gasteiger partial charge in [0.1, 0.15) is 0 Å². The van der Waals surface area contributed by atoms with Crippen LogP contribution in [0.1, 0.15) is 42.7 Å². The van der Waals surface area contributed by atoms with Crippen LogP contribution in [-0.4, -0.2) is 28.2 Å². The van der Waals surface area contributed by atoms with Crippen LogP contribution in [0, 0.1) is 0 Å². The van der Waals surface area contributed by atoms with Crippen molar-refractivity contribution in [3.05, 3.63) is 64.1 Å². The fraction of sp³-hybridized carbons (Fsp3) is 0.273. The molecule has 8 heteroatoms. The molecule has 1 aliphatic heterocycles. The number of aryl methyl sites for hydroxylation is 1. The van der Waals surface area contributed by atoms with Gasteiger partial charge < -0.3 is 9.47 Å². The smallest absolute Gasteiger partial charge is 0.292 e. The maximum absolute atomic E-state index is 12.9. The highest BCUT2D eigenvalue weighted by molar-refractivity contribution is 6.06. The molecule has 3 aromatic rings. The molecule has 0 saturated heterocycles. The van der Waals surface area contributed by atoms with Crippen LogP contribution in [-0.2, 0) is 6.54 Å². The molecule has 1 aliphatic rings. The molecule has 2 aromatic carbocycles. The quantitative estimate of drug-likeness (QED) is 0.501. The lowest BCUT2D eigenvalue weighted by Gasteiger charge is -2.10.